The van der Waals surface area contributed by atoms with Crippen LogP contribution in [0, 0.1) is 13.8 Å². The summed E-state index contributed by atoms with van der Waals surface area (Å²) in [6, 6.07) is 18.6. The average molecular weight is 487 g/mol. The molecule has 0 aliphatic heterocycles. The highest BCUT2D eigenvalue weighted by molar-refractivity contribution is 7.92. The highest BCUT2D eigenvalue weighted by Gasteiger charge is 2.28. The summed E-state index contributed by atoms with van der Waals surface area (Å²) in [6.07, 6.45) is 0. The van der Waals surface area contributed by atoms with Crippen LogP contribution in [0.1, 0.15) is 29.7 Å². The Balaban J connectivity index is 1.92. The highest BCUT2D eigenvalue weighted by atomic mass is 35.5. The van der Waals surface area contributed by atoms with E-state index in [1.54, 1.807) is 24.3 Å². The van der Waals surface area contributed by atoms with Crippen LogP contribution in [0.3, 0.4) is 0 Å². The maximum absolute atomic E-state index is 13.5. The fraction of sp³-hybridized carbons (Fsp3) is 0.240. The molecule has 0 heterocycles. The molecular weight excluding hydrogens is 460 g/mol. The second kappa shape index (κ2) is 10.3. The van der Waals surface area contributed by atoms with E-state index in [4.69, 9.17) is 16.3 Å². The van der Waals surface area contributed by atoms with Gasteiger partial charge in [0.1, 0.15) is 12.3 Å². The summed E-state index contributed by atoms with van der Waals surface area (Å²) < 4.78 is 33.3. The van der Waals surface area contributed by atoms with Crippen molar-refractivity contribution in [1.82, 2.24) is 5.32 Å². The molecule has 3 aromatic carbocycles. The van der Waals surface area contributed by atoms with E-state index in [2.05, 4.69) is 5.32 Å². The van der Waals surface area contributed by atoms with Gasteiger partial charge in [-0.1, -0.05) is 59.1 Å². The van der Waals surface area contributed by atoms with Crippen LogP contribution in [0.4, 0.5) is 5.69 Å². The van der Waals surface area contributed by atoms with Gasteiger partial charge in [-0.05, 0) is 56.7 Å². The Morgan fingerprint density at radius 1 is 1.00 bits per heavy atom. The van der Waals surface area contributed by atoms with Crippen molar-refractivity contribution in [3.63, 3.8) is 0 Å². The second-order valence-corrected chi connectivity index (χ2v) is 10.1. The standard InChI is InChI=1S/C25H27ClN2O4S/c1-17-5-9-20(10-6-17)19(3)27-25(29)16-28(21-11-14-24(32-4)23(26)15-21)33(30,31)22-12-7-18(2)8-13-22/h5-15,19H,16H2,1-4H3,(H,27,29)/t19-/m1/s1. The number of hydrogen-bond acceptors (Lipinski definition) is 4. The number of nitrogens with one attached hydrogen (secondary N) is 1. The first kappa shape index (κ1) is 24.6. The molecule has 0 fully saturated rings. The van der Waals surface area contributed by atoms with Crippen LogP contribution in [-0.2, 0) is 14.8 Å². The number of benzene rings is 3. The number of amides is 1. The van der Waals surface area contributed by atoms with E-state index in [1.807, 2.05) is 45.0 Å². The zero-order chi connectivity index (χ0) is 24.2. The fourth-order valence-electron chi connectivity index (χ4n) is 3.32. The maximum Gasteiger partial charge on any atom is 0.264 e. The first-order valence-electron chi connectivity index (χ1n) is 10.4. The lowest BCUT2D eigenvalue weighted by molar-refractivity contribution is -0.120. The lowest BCUT2D eigenvalue weighted by Crippen LogP contribution is -2.41. The van der Waals surface area contributed by atoms with Crippen LogP contribution >= 0.6 is 11.6 Å². The molecule has 0 aliphatic carbocycles. The van der Waals surface area contributed by atoms with Gasteiger partial charge in [-0.3, -0.25) is 9.10 Å². The van der Waals surface area contributed by atoms with Gasteiger partial charge >= 0.3 is 0 Å². The summed E-state index contributed by atoms with van der Waals surface area (Å²) in [5.41, 5.74) is 3.23. The molecule has 0 spiro atoms. The smallest absolute Gasteiger partial charge is 0.264 e. The van der Waals surface area contributed by atoms with Gasteiger partial charge in [-0.15, -0.1) is 0 Å². The van der Waals surface area contributed by atoms with Crippen LogP contribution in [-0.4, -0.2) is 28.0 Å². The van der Waals surface area contributed by atoms with Crippen molar-refractivity contribution in [3.05, 3.63) is 88.4 Å². The third kappa shape index (κ3) is 5.86. The third-order valence-electron chi connectivity index (χ3n) is 5.27. The Labute approximate surface area is 200 Å². The van der Waals surface area contributed by atoms with Crippen LogP contribution in [0.5, 0.6) is 5.75 Å². The fourth-order valence-corrected chi connectivity index (χ4v) is 4.98. The topological polar surface area (TPSA) is 75.7 Å². The number of rotatable bonds is 8. The van der Waals surface area contributed by atoms with E-state index >= 15 is 0 Å². The van der Waals surface area contributed by atoms with Crippen LogP contribution in [0.25, 0.3) is 0 Å². The summed E-state index contributed by atoms with van der Waals surface area (Å²) in [5.74, 6) is -0.0313. The Morgan fingerprint density at radius 3 is 2.12 bits per heavy atom. The van der Waals surface area contributed by atoms with Crippen molar-refractivity contribution in [3.8, 4) is 5.75 Å². The lowest BCUT2D eigenvalue weighted by atomic mass is 10.1. The number of aryl methyl sites for hydroxylation is 2. The Hall–Kier alpha value is -3.03. The van der Waals surface area contributed by atoms with E-state index in [0.29, 0.717) is 5.75 Å². The molecule has 6 nitrogen and oxygen atoms in total. The second-order valence-electron chi connectivity index (χ2n) is 7.84. The Morgan fingerprint density at radius 2 is 1.58 bits per heavy atom. The molecule has 3 aromatic rings. The van der Waals surface area contributed by atoms with E-state index < -0.39 is 22.5 Å². The van der Waals surface area contributed by atoms with Gasteiger partial charge in [0.15, 0.2) is 0 Å². The number of carbonyl (C=O) groups is 1. The molecule has 3 rings (SSSR count). The molecule has 1 N–H and O–H groups in total. The zero-order valence-electron chi connectivity index (χ0n) is 19.0. The van der Waals surface area contributed by atoms with Crippen molar-refractivity contribution in [2.24, 2.45) is 0 Å². The summed E-state index contributed by atoms with van der Waals surface area (Å²) in [6.45, 7) is 5.30. The number of ether oxygens (including phenoxy) is 1. The molecule has 0 bridgehead atoms. The molecular formula is C25H27ClN2O4S. The van der Waals surface area contributed by atoms with E-state index in [-0.39, 0.29) is 21.6 Å². The van der Waals surface area contributed by atoms with Gasteiger partial charge in [-0.25, -0.2) is 8.42 Å². The lowest BCUT2D eigenvalue weighted by Gasteiger charge is -2.25. The van der Waals surface area contributed by atoms with Gasteiger partial charge in [0, 0.05) is 0 Å². The van der Waals surface area contributed by atoms with E-state index in [9.17, 15) is 13.2 Å². The minimum Gasteiger partial charge on any atom is -0.495 e. The summed E-state index contributed by atoms with van der Waals surface area (Å²) in [4.78, 5) is 13.0. The number of anilines is 1. The monoisotopic (exact) mass is 486 g/mol. The van der Waals surface area contributed by atoms with Crippen LogP contribution < -0.4 is 14.4 Å². The largest absolute Gasteiger partial charge is 0.495 e. The minimum atomic E-state index is -4.04. The van der Waals surface area contributed by atoms with Gasteiger partial charge in [0.05, 0.1) is 28.8 Å². The predicted molar refractivity (Wildman–Crippen MR) is 131 cm³/mol. The number of sulfonamides is 1. The minimum absolute atomic E-state index is 0.0828. The van der Waals surface area contributed by atoms with E-state index in [0.717, 1.165) is 21.0 Å². The molecule has 1 atom stereocenters. The Kier molecular flexibility index (Phi) is 7.66. The molecule has 0 saturated heterocycles. The number of halogens is 1. The van der Waals surface area contributed by atoms with Gasteiger partial charge in [0.2, 0.25) is 5.91 Å². The predicted octanol–water partition coefficient (Wildman–Crippen LogP) is 5.04. The van der Waals surface area contributed by atoms with Crippen LogP contribution in [0.2, 0.25) is 5.02 Å². The molecule has 0 aliphatic rings. The van der Waals surface area contributed by atoms with Crippen LogP contribution in [0.15, 0.2) is 71.6 Å². The number of hydrogen-bond donors (Lipinski definition) is 1. The molecule has 33 heavy (non-hydrogen) atoms. The van der Waals surface area contributed by atoms with Crippen molar-refractivity contribution < 1.29 is 17.9 Å². The summed E-state index contributed by atoms with van der Waals surface area (Å²) >= 11 is 6.26. The van der Waals surface area contributed by atoms with Crippen molar-refractivity contribution in [1.29, 1.82) is 0 Å². The number of nitrogens with zero attached hydrogens (tertiary/aromatic N) is 1. The summed E-state index contributed by atoms with van der Waals surface area (Å²) in [7, 11) is -2.56. The van der Waals surface area contributed by atoms with Gasteiger partial charge < -0.3 is 10.1 Å². The van der Waals surface area contributed by atoms with Gasteiger partial charge in [0.25, 0.3) is 10.0 Å². The average Bonchev–Trinajstić information content (AvgIpc) is 2.78. The number of carbonyl (C=O) groups excluding carboxylic acids is 1. The normalized spacial score (nSPS) is 12.2. The number of methoxy groups -OCH3 is 1. The third-order valence-corrected chi connectivity index (χ3v) is 7.36. The summed E-state index contributed by atoms with van der Waals surface area (Å²) in [5, 5.41) is 3.13. The van der Waals surface area contributed by atoms with Crippen molar-refractivity contribution in [2.75, 3.05) is 18.0 Å². The van der Waals surface area contributed by atoms with E-state index in [1.165, 1.54) is 25.3 Å². The zero-order valence-corrected chi connectivity index (χ0v) is 20.6. The van der Waals surface area contributed by atoms with Gasteiger partial charge in [-0.2, -0.15) is 0 Å². The Bertz CT molecular complexity index is 1230. The molecule has 1 amide bonds. The quantitative estimate of drug-likeness (QED) is 0.484. The molecule has 8 heteroatoms. The SMILES string of the molecule is COc1ccc(N(CC(=O)N[C@H](C)c2ccc(C)cc2)S(=O)(=O)c2ccc(C)cc2)cc1Cl. The molecule has 174 valence electrons. The first-order valence-corrected chi connectivity index (χ1v) is 12.2. The highest BCUT2D eigenvalue weighted by Crippen LogP contribution is 2.32. The van der Waals surface area contributed by atoms with Crippen molar-refractivity contribution >= 4 is 33.2 Å². The maximum atomic E-state index is 13.5. The first-order chi connectivity index (χ1) is 15.6. The molecule has 0 saturated carbocycles. The molecule has 0 aromatic heterocycles. The van der Waals surface area contributed by atoms with Crippen molar-refractivity contribution in [2.45, 2.75) is 31.7 Å². The molecule has 0 radical (unpaired) electrons. The molecule has 0 unspecified atom stereocenters.